The van der Waals surface area contributed by atoms with E-state index in [1.54, 1.807) is 14.2 Å². The van der Waals surface area contributed by atoms with Crippen LogP contribution >= 0.6 is 0 Å². The molecule has 4 heteroatoms. The lowest BCUT2D eigenvalue weighted by molar-refractivity contribution is 0.0567. The third-order valence-electron chi connectivity index (χ3n) is 3.07. The summed E-state index contributed by atoms with van der Waals surface area (Å²) < 4.78 is 16.3. The molecule has 1 aromatic carbocycles. The molecule has 17 heavy (non-hydrogen) atoms. The van der Waals surface area contributed by atoms with Crippen LogP contribution in [0.1, 0.15) is 19.3 Å². The molecule has 0 bridgehead atoms. The highest BCUT2D eigenvalue weighted by atomic mass is 16.5. The van der Waals surface area contributed by atoms with Crippen molar-refractivity contribution in [1.29, 1.82) is 0 Å². The maximum atomic E-state index is 9.77. The molecule has 1 N–H and O–H groups in total. The van der Waals surface area contributed by atoms with Gasteiger partial charge in [0.25, 0.3) is 0 Å². The van der Waals surface area contributed by atoms with Gasteiger partial charge in [-0.15, -0.1) is 0 Å². The van der Waals surface area contributed by atoms with Crippen molar-refractivity contribution in [3.63, 3.8) is 0 Å². The van der Waals surface area contributed by atoms with Crippen LogP contribution in [0.4, 0.5) is 0 Å². The molecule has 1 fully saturated rings. The first kappa shape index (κ1) is 12.0. The Kier molecular flexibility index (Phi) is 3.74. The zero-order chi connectivity index (χ0) is 12.3. The molecule has 0 amide bonds. The topological polar surface area (TPSA) is 47.9 Å². The van der Waals surface area contributed by atoms with Gasteiger partial charge in [0.2, 0.25) is 5.75 Å². The van der Waals surface area contributed by atoms with E-state index in [9.17, 15) is 5.11 Å². The van der Waals surface area contributed by atoms with Crippen LogP contribution < -0.4 is 14.2 Å². The molecule has 0 radical (unpaired) electrons. The summed E-state index contributed by atoms with van der Waals surface area (Å²) in [5, 5.41) is 9.77. The van der Waals surface area contributed by atoms with Crippen LogP contribution in [0.2, 0.25) is 0 Å². The van der Waals surface area contributed by atoms with Gasteiger partial charge in [0.05, 0.1) is 20.3 Å². The average Bonchev–Trinajstić information content (AvgIpc) is 2.75. The van der Waals surface area contributed by atoms with Gasteiger partial charge in [-0.05, 0) is 31.4 Å². The molecule has 1 aromatic rings. The van der Waals surface area contributed by atoms with Crippen molar-refractivity contribution in [3.05, 3.63) is 18.2 Å². The number of aliphatic hydroxyl groups excluding tert-OH is 1. The molecule has 0 spiro atoms. The SMILES string of the molecule is COc1cccc(OC)c1O[C@H]1CCC[C@@H]1O. The minimum atomic E-state index is -0.399. The standard InChI is InChI=1S/C13H18O4/c1-15-11-7-4-8-12(16-2)13(11)17-10-6-3-5-9(10)14/h4,7-10,14H,3,5-6H2,1-2H3/t9-,10-/m0/s1. The number of aliphatic hydroxyl groups is 1. The summed E-state index contributed by atoms with van der Waals surface area (Å²) in [4.78, 5) is 0. The van der Waals surface area contributed by atoms with E-state index in [2.05, 4.69) is 0 Å². The number of methoxy groups -OCH3 is 2. The van der Waals surface area contributed by atoms with Gasteiger partial charge in [0.1, 0.15) is 6.10 Å². The minimum absolute atomic E-state index is 0.166. The first-order chi connectivity index (χ1) is 8.26. The Morgan fingerprint density at radius 1 is 1.12 bits per heavy atom. The number of ether oxygens (including phenoxy) is 3. The fourth-order valence-corrected chi connectivity index (χ4v) is 2.13. The van der Waals surface area contributed by atoms with Crippen LogP contribution in [0.5, 0.6) is 17.2 Å². The number of hydrogen-bond donors (Lipinski definition) is 1. The Balaban J connectivity index is 2.23. The van der Waals surface area contributed by atoms with E-state index >= 15 is 0 Å². The molecule has 2 rings (SSSR count). The zero-order valence-electron chi connectivity index (χ0n) is 10.2. The van der Waals surface area contributed by atoms with Crippen LogP contribution in [0.15, 0.2) is 18.2 Å². The fraction of sp³-hybridized carbons (Fsp3) is 0.538. The number of hydrogen-bond acceptors (Lipinski definition) is 4. The summed E-state index contributed by atoms with van der Waals surface area (Å²) in [5.41, 5.74) is 0. The third-order valence-corrected chi connectivity index (χ3v) is 3.07. The summed E-state index contributed by atoms with van der Waals surface area (Å²) >= 11 is 0. The van der Waals surface area contributed by atoms with Crippen molar-refractivity contribution in [2.45, 2.75) is 31.5 Å². The molecule has 4 nitrogen and oxygen atoms in total. The van der Waals surface area contributed by atoms with Gasteiger partial charge in [-0.3, -0.25) is 0 Å². The molecule has 94 valence electrons. The van der Waals surface area contributed by atoms with Gasteiger partial charge in [0.15, 0.2) is 11.5 Å². The first-order valence-electron chi connectivity index (χ1n) is 5.82. The summed E-state index contributed by atoms with van der Waals surface area (Å²) in [6, 6.07) is 5.48. The van der Waals surface area contributed by atoms with Crippen LogP contribution in [0.3, 0.4) is 0 Å². The fourth-order valence-electron chi connectivity index (χ4n) is 2.13. The van der Waals surface area contributed by atoms with Crippen molar-refractivity contribution in [3.8, 4) is 17.2 Å². The Morgan fingerprint density at radius 2 is 1.76 bits per heavy atom. The molecule has 0 saturated heterocycles. The molecule has 0 aromatic heterocycles. The number of para-hydroxylation sites is 1. The van der Waals surface area contributed by atoms with Crippen LogP contribution in [-0.4, -0.2) is 31.5 Å². The normalized spacial score (nSPS) is 23.5. The van der Waals surface area contributed by atoms with Gasteiger partial charge >= 0.3 is 0 Å². The Hall–Kier alpha value is -1.42. The Bertz CT molecular complexity index is 355. The molecule has 1 aliphatic carbocycles. The van der Waals surface area contributed by atoms with Crippen molar-refractivity contribution >= 4 is 0 Å². The Labute approximate surface area is 101 Å². The molecule has 1 saturated carbocycles. The zero-order valence-corrected chi connectivity index (χ0v) is 10.2. The van der Waals surface area contributed by atoms with Gasteiger partial charge < -0.3 is 19.3 Å². The lowest BCUT2D eigenvalue weighted by Crippen LogP contribution is -2.26. The van der Waals surface area contributed by atoms with Crippen molar-refractivity contribution < 1.29 is 19.3 Å². The summed E-state index contributed by atoms with van der Waals surface area (Å²) in [7, 11) is 3.18. The van der Waals surface area contributed by atoms with E-state index in [1.807, 2.05) is 18.2 Å². The molecule has 2 atom stereocenters. The van der Waals surface area contributed by atoms with Gasteiger partial charge in [-0.1, -0.05) is 6.07 Å². The monoisotopic (exact) mass is 238 g/mol. The van der Waals surface area contributed by atoms with Crippen molar-refractivity contribution in [2.24, 2.45) is 0 Å². The average molecular weight is 238 g/mol. The van der Waals surface area contributed by atoms with Gasteiger partial charge in [-0.2, -0.15) is 0 Å². The smallest absolute Gasteiger partial charge is 0.203 e. The maximum absolute atomic E-state index is 9.77. The molecule has 0 heterocycles. The Morgan fingerprint density at radius 3 is 2.24 bits per heavy atom. The highest BCUT2D eigenvalue weighted by Crippen LogP contribution is 2.39. The van der Waals surface area contributed by atoms with Gasteiger partial charge in [-0.25, -0.2) is 0 Å². The predicted molar refractivity (Wildman–Crippen MR) is 63.8 cm³/mol. The molecular formula is C13H18O4. The van der Waals surface area contributed by atoms with E-state index < -0.39 is 6.10 Å². The van der Waals surface area contributed by atoms with Crippen LogP contribution in [0, 0.1) is 0 Å². The third kappa shape index (κ3) is 2.47. The van der Waals surface area contributed by atoms with E-state index in [0.717, 1.165) is 19.3 Å². The summed E-state index contributed by atoms with van der Waals surface area (Å²) in [6.45, 7) is 0. The van der Waals surface area contributed by atoms with E-state index in [1.165, 1.54) is 0 Å². The van der Waals surface area contributed by atoms with E-state index in [-0.39, 0.29) is 6.10 Å². The second kappa shape index (κ2) is 5.27. The maximum Gasteiger partial charge on any atom is 0.203 e. The van der Waals surface area contributed by atoms with E-state index in [4.69, 9.17) is 14.2 Å². The van der Waals surface area contributed by atoms with E-state index in [0.29, 0.717) is 17.2 Å². The van der Waals surface area contributed by atoms with Crippen LogP contribution in [-0.2, 0) is 0 Å². The quantitative estimate of drug-likeness (QED) is 0.871. The highest BCUT2D eigenvalue weighted by molar-refractivity contribution is 5.51. The predicted octanol–water partition coefficient (Wildman–Crippen LogP) is 2.00. The molecular weight excluding hydrogens is 220 g/mol. The molecule has 1 aliphatic rings. The molecule has 0 unspecified atom stereocenters. The van der Waals surface area contributed by atoms with Crippen molar-refractivity contribution in [2.75, 3.05) is 14.2 Å². The lowest BCUT2D eigenvalue weighted by Gasteiger charge is -2.20. The second-order valence-electron chi connectivity index (χ2n) is 4.15. The largest absolute Gasteiger partial charge is 0.493 e. The highest BCUT2D eigenvalue weighted by Gasteiger charge is 2.28. The number of benzene rings is 1. The first-order valence-corrected chi connectivity index (χ1v) is 5.82. The van der Waals surface area contributed by atoms with Crippen molar-refractivity contribution in [1.82, 2.24) is 0 Å². The minimum Gasteiger partial charge on any atom is -0.493 e. The van der Waals surface area contributed by atoms with Gasteiger partial charge in [0, 0.05) is 0 Å². The van der Waals surface area contributed by atoms with Crippen LogP contribution in [0.25, 0.3) is 0 Å². The summed E-state index contributed by atoms with van der Waals surface area (Å²) in [6.07, 6.45) is 2.08. The molecule has 0 aliphatic heterocycles. The summed E-state index contributed by atoms with van der Waals surface area (Å²) in [5.74, 6) is 1.83. The lowest BCUT2D eigenvalue weighted by atomic mass is 10.2. The number of rotatable bonds is 4. The second-order valence-corrected chi connectivity index (χ2v) is 4.15.